The molecule has 5 nitrogen and oxygen atoms in total. The second-order valence-electron chi connectivity index (χ2n) is 5.46. The molecule has 0 radical (unpaired) electrons. The number of hydrogen-bond donors (Lipinski definition) is 2. The molecule has 1 aromatic carbocycles. The Morgan fingerprint density at radius 2 is 2.05 bits per heavy atom. The number of hydrogen-bond acceptors (Lipinski definition) is 4. The number of nitrogens with one attached hydrogen (secondary N) is 1. The zero-order chi connectivity index (χ0) is 15.2. The molecule has 1 saturated carbocycles. The number of nitrogens with two attached hydrogens (primary N) is 1. The first-order chi connectivity index (χ1) is 10.2. The van der Waals surface area contributed by atoms with Gasteiger partial charge >= 0.3 is 0 Å². The van der Waals surface area contributed by atoms with E-state index in [4.69, 9.17) is 15.2 Å². The Morgan fingerprint density at radius 3 is 2.71 bits per heavy atom. The minimum atomic E-state index is -0.150. The van der Waals surface area contributed by atoms with E-state index >= 15 is 0 Å². The number of methoxy groups -OCH3 is 2. The molecule has 21 heavy (non-hydrogen) atoms. The monoisotopic (exact) mass is 292 g/mol. The summed E-state index contributed by atoms with van der Waals surface area (Å²) in [7, 11) is 3.09. The van der Waals surface area contributed by atoms with Gasteiger partial charge in [-0.3, -0.25) is 4.79 Å². The molecule has 1 aliphatic carbocycles. The van der Waals surface area contributed by atoms with Crippen molar-refractivity contribution in [2.24, 2.45) is 11.7 Å². The van der Waals surface area contributed by atoms with E-state index in [9.17, 15) is 4.79 Å². The van der Waals surface area contributed by atoms with Crippen LogP contribution >= 0.6 is 0 Å². The van der Waals surface area contributed by atoms with Crippen molar-refractivity contribution in [1.29, 1.82) is 0 Å². The van der Waals surface area contributed by atoms with Gasteiger partial charge in [-0.2, -0.15) is 0 Å². The number of rotatable bonds is 5. The Bertz CT molecular complexity index is 490. The Kier molecular flexibility index (Phi) is 5.44. The topological polar surface area (TPSA) is 73.6 Å². The van der Waals surface area contributed by atoms with Gasteiger partial charge in [0.25, 0.3) is 5.91 Å². The predicted molar refractivity (Wildman–Crippen MR) is 81.8 cm³/mol. The SMILES string of the molecule is COc1cccc(C(=O)NCC2CCCCC2N)c1OC. The molecule has 0 spiro atoms. The van der Waals surface area contributed by atoms with Gasteiger partial charge in [-0.25, -0.2) is 0 Å². The van der Waals surface area contributed by atoms with Crippen LogP contribution in [0.5, 0.6) is 11.5 Å². The first kappa shape index (κ1) is 15.6. The van der Waals surface area contributed by atoms with Crippen LogP contribution in [0.3, 0.4) is 0 Å². The summed E-state index contributed by atoms with van der Waals surface area (Å²) in [6, 6.07) is 5.47. The molecule has 0 aliphatic heterocycles. The Labute approximate surface area is 125 Å². The van der Waals surface area contributed by atoms with Crippen LogP contribution in [0, 0.1) is 5.92 Å². The van der Waals surface area contributed by atoms with Crippen LogP contribution in [0.15, 0.2) is 18.2 Å². The smallest absolute Gasteiger partial charge is 0.255 e. The number of benzene rings is 1. The molecule has 0 bridgehead atoms. The van der Waals surface area contributed by atoms with Crippen molar-refractivity contribution >= 4 is 5.91 Å². The van der Waals surface area contributed by atoms with Crippen molar-refractivity contribution in [2.45, 2.75) is 31.7 Å². The van der Waals surface area contributed by atoms with Crippen LogP contribution in [-0.2, 0) is 0 Å². The molecule has 0 saturated heterocycles. The van der Waals surface area contributed by atoms with Gasteiger partial charge in [0.2, 0.25) is 0 Å². The van der Waals surface area contributed by atoms with E-state index < -0.39 is 0 Å². The van der Waals surface area contributed by atoms with Crippen molar-refractivity contribution in [3.63, 3.8) is 0 Å². The number of carbonyl (C=O) groups is 1. The van der Waals surface area contributed by atoms with Crippen molar-refractivity contribution in [2.75, 3.05) is 20.8 Å². The van der Waals surface area contributed by atoms with Crippen molar-refractivity contribution in [3.05, 3.63) is 23.8 Å². The average molecular weight is 292 g/mol. The van der Waals surface area contributed by atoms with E-state index in [-0.39, 0.29) is 11.9 Å². The lowest BCUT2D eigenvalue weighted by atomic mass is 9.85. The van der Waals surface area contributed by atoms with Crippen LogP contribution in [0.25, 0.3) is 0 Å². The molecule has 2 rings (SSSR count). The second-order valence-corrected chi connectivity index (χ2v) is 5.46. The van der Waals surface area contributed by atoms with E-state index in [0.717, 1.165) is 12.8 Å². The Balaban J connectivity index is 2.03. The van der Waals surface area contributed by atoms with Crippen LogP contribution in [-0.4, -0.2) is 32.7 Å². The summed E-state index contributed by atoms with van der Waals surface area (Å²) < 4.78 is 10.5. The molecule has 5 heteroatoms. The maximum Gasteiger partial charge on any atom is 0.255 e. The molecule has 1 amide bonds. The van der Waals surface area contributed by atoms with Gasteiger partial charge in [-0.15, -0.1) is 0 Å². The van der Waals surface area contributed by atoms with E-state index in [1.54, 1.807) is 25.3 Å². The van der Waals surface area contributed by atoms with E-state index in [1.165, 1.54) is 20.0 Å². The number of ether oxygens (including phenoxy) is 2. The van der Waals surface area contributed by atoms with E-state index in [1.807, 2.05) is 0 Å². The van der Waals surface area contributed by atoms with Gasteiger partial charge in [0.1, 0.15) is 0 Å². The highest BCUT2D eigenvalue weighted by molar-refractivity contribution is 5.97. The molecular formula is C16H24N2O3. The predicted octanol–water partition coefficient (Wildman–Crippen LogP) is 1.95. The summed E-state index contributed by atoms with van der Waals surface area (Å²) in [4.78, 5) is 12.4. The van der Waals surface area contributed by atoms with Gasteiger partial charge in [0.15, 0.2) is 11.5 Å². The molecule has 1 aromatic rings. The summed E-state index contributed by atoms with van der Waals surface area (Å²) in [5.41, 5.74) is 6.60. The molecule has 2 atom stereocenters. The second kappa shape index (κ2) is 7.31. The molecular weight excluding hydrogens is 268 g/mol. The Morgan fingerprint density at radius 1 is 1.29 bits per heavy atom. The van der Waals surface area contributed by atoms with Crippen LogP contribution in [0.2, 0.25) is 0 Å². The number of carbonyl (C=O) groups excluding carboxylic acids is 1. The van der Waals surface area contributed by atoms with Crippen molar-refractivity contribution < 1.29 is 14.3 Å². The van der Waals surface area contributed by atoms with Gasteiger partial charge < -0.3 is 20.5 Å². The van der Waals surface area contributed by atoms with Crippen molar-refractivity contribution in [3.8, 4) is 11.5 Å². The fraction of sp³-hybridized carbons (Fsp3) is 0.562. The lowest BCUT2D eigenvalue weighted by Gasteiger charge is -2.28. The summed E-state index contributed by atoms with van der Waals surface area (Å²) in [6.07, 6.45) is 4.51. The molecule has 3 N–H and O–H groups in total. The fourth-order valence-corrected chi connectivity index (χ4v) is 2.87. The Hall–Kier alpha value is -1.75. The standard InChI is InChI=1S/C16H24N2O3/c1-20-14-9-5-7-12(15(14)21-2)16(19)18-10-11-6-3-4-8-13(11)17/h5,7,9,11,13H,3-4,6,8,10,17H2,1-2H3,(H,18,19). The number of para-hydroxylation sites is 1. The summed E-state index contributed by atoms with van der Waals surface area (Å²) in [5.74, 6) is 1.23. The third kappa shape index (κ3) is 3.67. The van der Waals surface area contributed by atoms with Gasteiger partial charge in [-0.05, 0) is 30.9 Å². The quantitative estimate of drug-likeness (QED) is 0.870. The third-order valence-electron chi connectivity index (χ3n) is 4.14. The van der Waals surface area contributed by atoms with Crippen molar-refractivity contribution in [1.82, 2.24) is 5.32 Å². The average Bonchev–Trinajstić information content (AvgIpc) is 2.52. The molecule has 1 fully saturated rings. The highest BCUT2D eigenvalue weighted by Crippen LogP contribution is 2.30. The lowest BCUT2D eigenvalue weighted by molar-refractivity contribution is 0.0937. The van der Waals surface area contributed by atoms with E-state index in [0.29, 0.717) is 29.5 Å². The van der Waals surface area contributed by atoms with Gasteiger partial charge in [-0.1, -0.05) is 18.9 Å². The van der Waals surface area contributed by atoms with Crippen LogP contribution in [0.4, 0.5) is 0 Å². The normalized spacial score (nSPS) is 21.7. The number of amides is 1. The molecule has 2 unspecified atom stereocenters. The summed E-state index contributed by atoms with van der Waals surface area (Å²) in [5, 5.41) is 2.97. The lowest BCUT2D eigenvalue weighted by Crippen LogP contribution is -2.41. The zero-order valence-electron chi connectivity index (χ0n) is 12.7. The maximum atomic E-state index is 12.4. The summed E-state index contributed by atoms with van der Waals surface area (Å²) in [6.45, 7) is 0.611. The molecule has 0 heterocycles. The first-order valence-electron chi connectivity index (χ1n) is 7.42. The van der Waals surface area contributed by atoms with Gasteiger partial charge in [0, 0.05) is 12.6 Å². The zero-order valence-corrected chi connectivity index (χ0v) is 12.7. The molecule has 1 aliphatic rings. The van der Waals surface area contributed by atoms with Crippen LogP contribution < -0.4 is 20.5 Å². The van der Waals surface area contributed by atoms with E-state index in [2.05, 4.69) is 5.32 Å². The largest absolute Gasteiger partial charge is 0.493 e. The highest BCUT2D eigenvalue weighted by atomic mass is 16.5. The molecule has 116 valence electrons. The third-order valence-corrected chi connectivity index (χ3v) is 4.14. The minimum Gasteiger partial charge on any atom is -0.493 e. The first-order valence-corrected chi connectivity index (χ1v) is 7.42. The minimum absolute atomic E-state index is 0.150. The molecule has 0 aromatic heterocycles. The maximum absolute atomic E-state index is 12.4. The van der Waals surface area contributed by atoms with Crippen LogP contribution in [0.1, 0.15) is 36.0 Å². The highest BCUT2D eigenvalue weighted by Gasteiger charge is 2.23. The van der Waals surface area contributed by atoms with Gasteiger partial charge in [0.05, 0.1) is 19.8 Å². The fourth-order valence-electron chi connectivity index (χ4n) is 2.87. The summed E-state index contributed by atoms with van der Waals surface area (Å²) >= 11 is 0.